The van der Waals surface area contributed by atoms with Crippen molar-refractivity contribution < 1.29 is 23.7 Å². The first kappa shape index (κ1) is 23.4. The van der Waals surface area contributed by atoms with E-state index in [-0.39, 0.29) is 18.5 Å². The van der Waals surface area contributed by atoms with Crippen LogP contribution in [0.2, 0.25) is 0 Å². The highest BCUT2D eigenvalue weighted by Gasteiger charge is 2.29. The second-order valence-electron chi connectivity index (χ2n) is 9.24. The number of ether oxygens (including phenoxy) is 4. The molecule has 0 bridgehead atoms. The van der Waals surface area contributed by atoms with Crippen LogP contribution in [0.15, 0.2) is 64.6 Å². The van der Waals surface area contributed by atoms with E-state index in [2.05, 4.69) is 46.2 Å². The van der Waals surface area contributed by atoms with Crippen molar-refractivity contribution in [2.45, 2.75) is 22.3 Å². The molecular weight excluding hydrogens is 478 g/mol. The number of nitrogens with zero attached hydrogens (tertiary/aromatic N) is 2. The van der Waals surface area contributed by atoms with Gasteiger partial charge < -0.3 is 29.6 Å². The van der Waals surface area contributed by atoms with Crippen LogP contribution in [0.3, 0.4) is 0 Å². The lowest BCUT2D eigenvalue weighted by atomic mass is 9.96. The zero-order chi connectivity index (χ0) is 24.5. The summed E-state index contributed by atoms with van der Waals surface area (Å²) in [5, 5.41) is 0. The van der Waals surface area contributed by atoms with Gasteiger partial charge in [0.25, 0.3) is 0 Å². The number of carbonyl (C=O) groups excluding carboxylic acids is 1. The monoisotopic (exact) mass is 507 g/mol. The molecule has 6 rings (SSSR count). The Kier molecular flexibility index (Phi) is 6.62. The summed E-state index contributed by atoms with van der Waals surface area (Å²) in [4.78, 5) is 18.3. The van der Waals surface area contributed by atoms with Crippen LogP contribution in [-0.2, 0) is 30.2 Å². The number of fused-ring (bicyclic) bond motifs is 2. The van der Waals surface area contributed by atoms with Crippen molar-refractivity contribution >= 4 is 23.4 Å². The third-order valence-electron chi connectivity index (χ3n) is 6.90. The second-order valence-corrected chi connectivity index (χ2v) is 10.3. The Balaban J connectivity index is 1.23. The summed E-state index contributed by atoms with van der Waals surface area (Å²) in [5.41, 5.74) is 10.2. The number of primary amides is 1. The van der Waals surface area contributed by atoms with E-state index in [0.717, 1.165) is 36.5 Å². The highest BCUT2D eigenvalue weighted by Crippen LogP contribution is 2.45. The fraction of sp³-hybridized carbons (Fsp3) is 0.370. The minimum atomic E-state index is -0.313. The summed E-state index contributed by atoms with van der Waals surface area (Å²) >= 11 is 1.76. The van der Waals surface area contributed by atoms with Gasteiger partial charge in [0.15, 0.2) is 12.0 Å². The molecular formula is C27H29N3O5S. The van der Waals surface area contributed by atoms with Crippen LogP contribution in [0, 0.1) is 0 Å². The van der Waals surface area contributed by atoms with Crippen molar-refractivity contribution in [3.63, 3.8) is 0 Å². The van der Waals surface area contributed by atoms with Crippen LogP contribution in [0.25, 0.3) is 5.76 Å². The summed E-state index contributed by atoms with van der Waals surface area (Å²) in [6.07, 6.45) is 4.16. The maximum atomic E-state index is 11.6. The van der Waals surface area contributed by atoms with Gasteiger partial charge in [0.05, 0.1) is 39.0 Å². The molecule has 0 aromatic heterocycles. The lowest BCUT2D eigenvalue weighted by Gasteiger charge is -2.35. The molecule has 0 radical (unpaired) electrons. The van der Waals surface area contributed by atoms with E-state index in [1.807, 2.05) is 0 Å². The van der Waals surface area contributed by atoms with Crippen LogP contribution in [0.1, 0.15) is 28.3 Å². The number of rotatable bonds is 5. The van der Waals surface area contributed by atoms with Gasteiger partial charge in [-0.2, -0.15) is 0 Å². The van der Waals surface area contributed by atoms with Gasteiger partial charge in [-0.1, -0.05) is 36.0 Å². The molecule has 1 amide bonds. The first-order valence-electron chi connectivity index (χ1n) is 12.2. The SMILES string of the molecule is NC(=O)CN1CCOCC1c1ccc2c(c1)Cc1cccc(C3=COC=C(N4CCOCC4)O3)c1S2. The smallest absolute Gasteiger partial charge is 0.231 e. The van der Waals surface area contributed by atoms with Crippen molar-refractivity contribution in [3.8, 4) is 0 Å². The van der Waals surface area contributed by atoms with Crippen LogP contribution in [-0.4, -0.2) is 68.3 Å². The van der Waals surface area contributed by atoms with Gasteiger partial charge in [-0.3, -0.25) is 9.69 Å². The summed E-state index contributed by atoms with van der Waals surface area (Å²) in [6, 6.07) is 12.9. The Morgan fingerprint density at radius 1 is 1.03 bits per heavy atom. The summed E-state index contributed by atoms with van der Waals surface area (Å²) in [5.74, 6) is 1.12. The Morgan fingerprint density at radius 3 is 2.75 bits per heavy atom. The fourth-order valence-electron chi connectivity index (χ4n) is 5.09. The molecule has 9 heteroatoms. The number of morpholine rings is 2. The molecule has 2 fully saturated rings. The van der Waals surface area contributed by atoms with E-state index in [9.17, 15) is 4.79 Å². The van der Waals surface area contributed by atoms with Gasteiger partial charge >= 0.3 is 0 Å². The van der Waals surface area contributed by atoms with Crippen molar-refractivity contribution in [1.82, 2.24) is 9.80 Å². The highest BCUT2D eigenvalue weighted by atomic mass is 32.2. The summed E-state index contributed by atoms with van der Waals surface area (Å²) < 4.78 is 23.2. The van der Waals surface area contributed by atoms with Gasteiger partial charge in [0.1, 0.15) is 6.26 Å². The molecule has 4 aliphatic heterocycles. The van der Waals surface area contributed by atoms with E-state index in [0.29, 0.717) is 38.7 Å². The van der Waals surface area contributed by atoms with Crippen LogP contribution < -0.4 is 5.73 Å². The number of amides is 1. The summed E-state index contributed by atoms with van der Waals surface area (Å²) in [6.45, 7) is 5.04. The normalized spacial score (nSPS) is 21.9. The zero-order valence-corrected chi connectivity index (χ0v) is 20.8. The molecule has 0 saturated carbocycles. The lowest BCUT2D eigenvalue weighted by molar-refractivity contribution is -0.121. The Morgan fingerprint density at radius 2 is 1.89 bits per heavy atom. The van der Waals surface area contributed by atoms with Gasteiger partial charge in [-0.05, 0) is 35.2 Å². The van der Waals surface area contributed by atoms with Crippen molar-refractivity contribution in [2.24, 2.45) is 5.73 Å². The number of hydrogen-bond donors (Lipinski definition) is 1. The molecule has 4 aliphatic rings. The predicted octanol–water partition coefficient (Wildman–Crippen LogP) is 3.08. The first-order chi connectivity index (χ1) is 17.7. The quantitative estimate of drug-likeness (QED) is 0.564. The van der Waals surface area contributed by atoms with Gasteiger partial charge in [-0.15, -0.1) is 0 Å². The average Bonchev–Trinajstić information content (AvgIpc) is 2.92. The molecule has 2 N–H and O–H groups in total. The molecule has 1 atom stereocenters. The molecule has 8 nitrogen and oxygen atoms in total. The maximum absolute atomic E-state index is 11.6. The van der Waals surface area contributed by atoms with Gasteiger partial charge in [-0.25, -0.2) is 0 Å². The highest BCUT2D eigenvalue weighted by molar-refractivity contribution is 7.99. The molecule has 4 heterocycles. The predicted molar refractivity (Wildman–Crippen MR) is 135 cm³/mol. The standard InChI is InChI=1S/C27H29N3O5S/c28-25(31)14-30-8-11-33-15-22(30)18-4-5-24-20(12-18)13-19-2-1-3-21(27(19)36-24)23-16-34-17-26(35-23)29-6-9-32-10-7-29/h1-5,12,16-17,22H,6-11,13-15H2,(H2,28,31). The third kappa shape index (κ3) is 4.71. The minimum absolute atomic E-state index is 0.0256. The summed E-state index contributed by atoms with van der Waals surface area (Å²) in [7, 11) is 0. The molecule has 2 aromatic rings. The van der Waals surface area contributed by atoms with Crippen LogP contribution in [0.4, 0.5) is 0 Å². The van der Waals surface area contributed by atoms with Gasteiger partial charge in [0, 0.05) is 35.0 Å². The van der Waals surface area contributed by atoms with Crippen molar-refractivity contribution in [3.05, 3.63) is 77.1 Å². The van der Waals surface area contributed by atoms with E-state index in [4.69, 9.17) is 24.7 Å². The van der Waals surface area contributed by atoms with Crippen LogP contribution in [0.5, 0.6) is 0 Å². The second kappa shape index (κ2) is 10.2. The minimum Gasteiger partial charge on any atom is -0.463 e. The fourth-order valence-corrected chi connectivity index (χ4v) is 6.26. The lowest BCUT2D eigenvalue weighted by Crippen LogP contribution is -2.44. The van der Waals surface area contributed by atoms with E-state index >= 15 is 0 Å². The number of carbonyl (C=O) groups is 1. The molecule has 0 aliphatic carbocycles. The number of nitrogens with two attached hydrogens (primary N) is 1. The molecule has 2 aromatic carbocycles. The molecule has 188 valence electrons. The topological polar surface area (TPSA) is 86.5 Å². The molecule has 36 heavy (non-hydrogen) atoms. The van der Waals surface area contributed by atoms with Crippen LogP contribution >= 0.6 is 11.8 Å². The van der Waals surface area contributed by atoms with E-state index < -0.39 is 0 Å². The van der Waals surface area contributed by atoms with Crippen molar-refractivity contribution in [2.75, 3.05) is 52.6 Å². The Bertz CT molecular complexity index is 1220. The zero-order valence-electron chi connectivity index (χ0n) is 20.0. The largest absolute Gasteiger partial charge is 0.463 e. The Hall–Kier alpha value is -2.98. The number of hydrogen-bond acceptors (Lipinski definition) is 8. The third-order valence-corrected chi connectivity index (χ3v) is 8.21. The van der Waals surface area contributed by atoms with E-state index in [1.54, 1.807) is 24.3 Å². The molecule has 2 saturated heterocycles. The average molecular weight is 508 g/mol. The van der Waals surface area contributed by atoms with Crippen molar-refractivity contribution in [1.29, 1.82) is 0 Å². The Labute approximate surface area is 214 Å². The van der Waals surface area contributed by atoms with E-state index in [1.165, 1.54) is 20.9 Å². The molecule has 1 unspecified atom stereocenters. The number of benzene rings is 2. The first-order valence-corrected chi connectivity index (χ1v) is 13.1. The molecule has 0 spiro atoms. The van der Waals surface area contributed by atoms with Gasteiger partial charge in [0.2, 0.25) is 11.8 Å². The maximum Gasteiger partial charge on any atom is 0.231 e.